The largest absolute Gasteiger partial charge is 0.504 e. The Morgan fingerprint density at radius 1 is 1.13 bits per heavy atom. The number of hydrogen-bond donors (Lipinski definition) is 2. The van der Waals surface area contributed by atoms with E-state index >= 15 is 0 Å². The van der Waals surface area contributed by atoms with Gasteiger partial charge in [-0.15, -0.1) is 0 Å². The van der Waals surface area contributed by atoms with Crippen LogP contribution >= 0.6 is 11.6 Å². The van der Waals surface area contributed by atoms with E-state index in [-0.39, 0.29) is 10.7 Å². The van der Waals surface area contributed by atoms with Crippen LogP contribution < -0.4 is 5.32 Å². The van der Waals surface area contributed by atoms with Crippen LogP contribution in [0.15, 0.2) is 17.0 Å². The highest BCUT2D eigenvalue weighted by Crippen LogP contribution is 2.38. The Bertz CT molecular complexity index is 746. The molecule has 1 aliphatic heterocycles. The van der Waals surface area contributed by atoms with E-state index in [4.69, 9.17) is 21.1 Å². The number of halogens is 1. The molecule has 1 aliphatic rings. The fraction of sp³-hybridized carbons (Fsp3) is 0.682. The molecule has 0 radical (unpaired) electrons. The topological polar surface area (TPSA) is 102 Å². The summed E-state index contributed by atoms with van der Waals surface area (Å²) in [4.78, 5) is 11.3. The van der Waals surface area contributed by atoms with Crippen LogP contribution in [0.4, 0.5) is 10.5 Å². The number of amides is 1. The van der Waals surface area contributed by atoms with Crippen LogP contribution in [0.3, 0.4) is 0 Å². The van der Waals surface area contributed by atoms with Gasteiger partial charge in [-0.2, -0.15) is 0 Å². The number of phenols is 1. The Hall–Kier alpha value is -1.51. The van der Waals surface area contributed by atoms with E-state index in [1.165, 1.54) is 38.8 Å². The average Bonchev–Trinajstić information content (AvgIpc) is 3.26. The van der Waals surface area contributed by atoms with Crippen LogP contribution in [0, 0.1) is 0 Å². The molecule has 0 bridgehead atoms. The first-order valence-electron chi connectivity index (χ1n) is 10.7. The van der Waals surface area contributed by atoms with E-state index in [2.05, 4.69) is 5.32 Å². The number of sulfone groups is 1. The van der Waals surface area contributed by atoms with Crippen LogP contribution in [-0.4, -0.2) is 43.7 Å². The van der Waals surface area contributed by atoms with Crippen LogP contribution in [0.1, 0.15) is 75.2 Å². The van der Waals surface area contributed by atoms with Gasteiger partial charge >= 0.3 is 6.09 Å². The second-order valence-electron chi connectivity index (χ2n) is 7.31. The number of aromatic hydroxyl groups is 1. The number of phenolic OH excluding ortho intramolecular Hbond substituents is 1. The average molecular weight is 482 g/mol. The molecule has 1 heterocycles. The summed E-state index contributed by atoms with van der Waals surface area (Å²) in [6.45, 7) is 18.0. The van der Waals surface area contributed by atoms with Gasteiger partial charge in [0.15, 0.2) is 15.6 Å². The molecule has 1 saturated heterocycles. The Kier molecular flexibility index (Phi) is 15.7. The molecule has 7 nitrogen and oxygen atoms in total. The number of benzene rings is 1. The molecule has 182 valence electrons. The maximum Gasteiger partial charge on any atom is 0.412 e. The first-order chi connectivity index (χ1) is 14.4. The molecule has 2 rings (SSSR count). The van der Waals surface area contributed by atoms with Gasteiger partial charge in [0.05, 0.1) is 16.0 Å². The molecular formula is C22H40ClNO6S. The lowest BCUT2D eigenvalue weighted by Crippen LogP contribution is -2.27. The zero-order valence-electron chi connectivity index (χ0n) is 20.3. The number of carbonyl (C=O) groups is 1. The molecule has 1 fully saturated rings. The number of ether oxygens (including phenoxy) is 2. The molecular weight excluding hydrogens is 442 g/mol. The van der Waals surface area contributed by atoms with Gasteiger partial charge in [0, 0.05) is 13.2 Å². The summed E-state index contributed by atoms with van der Waals surface area (Å²) in [5, 5.41) is 11.6. The van der Waals surface area contributed by atoms with E-state index in [1.54, 1.807) is 20.8 Å². The number of rotatable bonds is 3. The highest BCUT2D eigenvalue weighted by molar-refractivity contribution is 7.92. The normalized spacial score (nSPS) is 13.0. The monoisotopic (exact) mass is 481 g/mol. The first kappa shape index (κ1) is 31.7. The minimum Gasteiger partial charge on any atom is -0.504 e. The van der Waals surface area contributed by atoms with E-state index < -0.39 is 37.4 Å². The fourth-order valence-electron chi connectivity index (χ4n) is 2.08. The van der Waals surface area contributed by atoms with E-state index in [0.717, 1.165) is 13.2 Å². The van der Waals surface area contributed by atoms with Gasteiger partial charge in [0.25, 0.3) is 0 Å². The summed E-state index contributed by atoms with van der Waals surface area (Å²) in [5.74, 6) is -0.605. The standard InChI is InChI=1S/C14H20ClNO5S.C4H8O.2C2H6/c1-8(2)22(19,20)12-9(15)6-7-10(11(12)17)16-13(18)21-14(3,4)5;1-2-4-5-3-1;2*1-2/h6-8,17H,1-5H3,(H,16,18);1-4H2;2*1-2H3. The third-order valence-corrected chi connectivity index (χ3v) is 6.10. The number of anilines is 1. The lowest BCUT2D eigenvalue weighted by molar-refractivity contribution is 0.0635. The molecule has 0 atom stereocenters. The molecule has 0 aromatic heterocycles. The minimum absolute atomic E-state index is 0.0853. The lowest BCUT2D eigenvalue weighted by atomic mass is 10.2. The summed E-state index contributed by atoms with van der Waals surface area (Å²) < 4.78 is 34.5. The Balaban J connectivity index is 0. The van der Waals surface area contributed by atoms with Crippen molar-refractivity contribution < 1.29 is 27.8 Å². The molecule has 0 unspecified atom stereocenters. The van der Waals surface area contributed by atoms with E-state index in [1.807, 2.05) is 27.7 Å². The molecule has 0 spiro atoms. The van der Waals surface area contributed by atoms with Gasteiger partial charge in [0.2, 0.25) is 0 Å². The van der Waals surface area contributed by atoms with Gasteiger partial charge in [-0.1, -0.05) is 39.3 Å². The zero-order chi connectivity index (χ0) is 24.8. The highest BCUT2D eigenvalue weighted by Gasteiger charge is 2.28. The van der Waals surface area contributed by atoms with Crippen molar-refractivity contribution in [3.8, 4) is 5.75 Å². The van der Waals surface area contributed by atoms with E-state index in [9.17, 15) is 18.3 Å². The van der Waals surface area contributed by atoms with Crippen molar-refractivity contribution in [3.63, 3.8) is 0 Å². The zero-order valence-corrected chi connectivity index (χ0v) is 21.9. The number of nitrogens with one attached hydrogen (secondary N) is 1. The second-order valence-corrected chi connectivity index (χ2v) is 10.2. The Labute approximate surface area is 193 Å². The van der Waals surface area contributed by atoms with Crippen molar-refractivity contribution in [2.45, 2.75) is 90.9 Å². The van der Waals surface area contributed by atoms with Crippen molar-refractivity contribution in [3.05, 3.63) is 17.2 Å². The van der Waals surface area contributed by atoms with Crippen LogP contribution in [0.5, 0.6) is 5.75 Å². The molecule has 31 heavy (non-hydrogen) atoms. The lowest BCUT2D eigenvalue weighted by Gasteiger charge is -2.20. The maximum atomic E-state index is 12.3. The molecule has 2 N–H and O–H groups in total. The first-order valence-corrected chi connectivity index (χ1v) is 12.6. The SMILES string of the molecule is C1CCOC1.CC.CC.CC(C)S(=O)(=O)c1c(Cl)ccc(NC(=O)OC(C)(C)C)c1O. The van der Waals surface area contributed by atoms with Gasteiger partial charge in [-0.25, -0.2) is 13.2 Å². The minimum atomic E-state index is -3.81. The van der Waals surface area contributed by atoms with Crippen LogP contribution in [0.25, 0.3) is 0 Å². The Morgan fingerprint density at radius 3 is 1.97 bits per heavy atom. The summed E-state index contributed by atoms with van der Waals surface area (Å²) in [6, 6.07) is 2.60. The molecule has 0 saturated carbocycles. The maximum absolute atomic E-state index is 12.3. The van der Waals surface area contributed by atoms with Crippen LogP contribution in [-0.2, 0) is 19.3 Å². The highest BCUT2D eigenvalue weighted by atomic mass is 35.5. The third-order valence-electron chi connectivity index (χ3n) is 3.45. The van der Waals surface area contributed by atoms with Crippen molar-refractivity contribution in [1.82, 2.24) is 0 Å². The van der Waals surface area contributed by atoms with Crippen molar-refractivity contribution in [1.29, 1.82) is 0 Å². The Morgan fingerprint density at radius 2 is 1.61 bits per heavy atom. The van der Waals surface area contributed by atoms with Crippen molar-refractivity contribution >= 4 is 33.2 Å². The molecule has 9 heteroatoms. The van der Waals surface area contributed by atoms with Gasteiger partial charge in [0.1, 0.15) is 10.5 Å². The number of hydrogen-bond acceptors (Lipinski definition) is 6. The van der Waals surface area contributed by atoms with Crippen molar-refractivity contribution in [2.24, 2.45) is 0 Å². The molecule has 1 aromatic carbocycles. The quantitative estimate of drug-likeness (QED) is 0.482. The number of carbonyl (C=O) groups excluding carboxylic acids is 1. The second kappa shape index (κ2) is 15.3. The van der Waals surface area contributed by atoms with Gasteiger partial charge in [-0.3, -0.25) is 5.32 Å². The van der Waals surface area contributed by atoms with Crippen molar-refractivity contribution in [2.75, 3.05) is 18.5 Å². The smallest absolute Gasteiger partial charge is 0.412 e. The third kappa shape index (κ3) is 11.6. The summed E-state index contributed by atoms with van der Waals surface area (Å²) >= 11 is 5.89. The molecule has 0 aliphatic carbocycles. The van der Waals surface area contributed by atoms with Crippen LogP contribution in [0.2, 0.25) is 5.02 Å². The summed E-state index contributed by atoms with van der Waals surface area (Å²) in [6.07, 6.45) is 1.75. The summed E-state index contributed by atoms with van der Waals surface area (Å²) in [7, 11) is -3.81. The molecule has 1 aromatic rings. The van der Waals surface area contributed by atoms with E-state index in [0.29, 0.717) is 0 Å². The van der Waals surface area contributed by atoms with Gasteiger partial charge in [-0.05, 0) is 59.6 Å². The summed E-state index contributed by atoms with van der Waals surface area (Å²) in [5.41, 5.74) is -0.809. The fourth-order valence-corrected chi connectivity index (χ4v) is 3.74. The predicted molar refractivity (Wildman–Crippen MR) is 128 cm³/mol. The van der Waals surface area contributed by atoms with Gasteiger partial charge < -0.3 is 14.6 Å². The molecule has 1 amide bonds. The predicted octanol–water partition coefficient (Wildman–Crippen LogP) is 6.42.